The van der Waals surface area contributed by atoms with E-state index >= 15 is 0 Å². The normalized spacial score (nSPS) is 13.3. The van der Waals surface area contributed by atoms with Crippen LogP contribution in [0, 0.1) is 5.82 Å². The standard InChI is InChI=1S/C33H32F4N6O3/c1-19(38-2)30(44)40-29-32(46)43(28(17-39-29)21-6-5-7-23(14-21)31(45)41(3)4)18-20-12-24(33(35,36)37)16-26(13-20)42-11-10-22-15-25(34)8-9-27(22)42/h5-9,12-17,19,38H,10-11,18H2,1-4H3,(H,39,40,44)/t19-/m0/s1. The van der Waals surface area contributed by atoms with E-state index < -0.39 is 35.1 Å². The minimum absolute atomic E-state index is 0.149. The van der Waals surface area contributed by atoms with E-state index in [0.29, 0.717) is 35.3 Å². The first-order valence-electron chi connectivity index (χ1n) is 14.4. The molecule has 9 nitrogen and oxygen atoms in total. The Labute approximate surface area is 262 Å². The van der Waals surface area contributed by atoms with Crippen molar-refractivity contribution in [3.8, 4) is 11.3 Å². The summed E-state index contributed by atoms with van der Waals surface area (Å²) in [4.78, 5) is 46.5. The summed E-state index contributed by atoms with van der Waals surface area (Å²) < 4.78 is 57.7. The Morgan fingerprint density at radius 1 is 1.07 bits per heavy atom. The van der Waals surface area contributed by atoms with Gasteiger partial charge in [-0.05, 0) is 80.1 Å². The van der Waals surface area contributed by atoms with Crippen molar-refractivity contribution in [2.24, 2.45) is 0 Å². The first kappa shape index (κ1) is 32.4. The number of alkyl halides is 3. The van der Waals surface area contributed by atoms with Crippen LogP contribution in [0.1, 0.15) is 34.0 Å². The summed E-state index contributed by atoms with van der Waals surface area (Å²) in [6, 6.07) is 13.5. The number of benzene rings is 3. The van der Waals surface area contributed by atoms with Gasteiger partial charge in [-0.2, -0.15) is 13.2 Å². The molecule has 1 atom stereocenters. The molecule has 0 aliphatic carbocycles. The van der Waals surface area contributed by atoms with E-state index in [2.05, 4.69) is 15.6 Å². The van der Waals surface area contributed by atoms with Crippen LogP contribution in [0.4, 0.5) is 34.8 Å². The monoisotopic (exact) mass is 636 g/mol. The molecule has 240 valence electrons. The van der Waals surface area contributed by atoms with E-state index in [-0.39, 0.29) is 35.2 Å². The molecule has 13 heteroatoms. The zero-order valence-electron chi connectivity index (χ0n) is 25.6. The molecule has 0 spiro atoms. The number of anilines is 3. The van der Waals surface area contributed by atoms with Crippen molar-refractivity contribution in [1.82, 2.24) is 19.8 Å². The molecule has 2 amide bonds. The number of likely N-dealkylation sites (N-methyl/N-ethyl adjacent to an activating group) is 1. The highest BCUT2D eigenvalue weighted by atomic mass is 19.4. The lowest BCUT2D eigenvalue weighted by Crippen LogP contribution is -2.38. The number of carbonyl (C=O) groups excluding carboxylic acids is 2. The predicted molar refractivity (Wildman–Crippen MR) is 167 cm³/mol. The minimum atomic E-state index is -4.70. The van der Waals surface area contributed by atoms with Crippen molar-refractivity contribution < 1.29 is 27.2 Å². The van der Waals surface area contributed by atoms with Gasteiger partial charge in [0.05, 0.1) is 30.0 Å². The van der Waals surface area contributed by atoms with Crippen LogP contribution in [0.2, 0.25) is 0 Å². The van der Waals surface area contributed by atoms with Crippen LogP contribution in [-0.2, 0) is 23.9 Å². The number of hydrogen-bond acceptors (Lipinski definition) is 6. The number of amides is 2. The fraction of sp³-hybridized carbons (Fsp3) is 0.273. The molecular formula is C33H32F4N6O3. The molecule has 1 aliphatic rings. The molecule has 0 saturated carbocycles. The fourth-order valence-electron chi connectivity index (χ4n) is 5.29. The summed E-state index contributed by atoms with van der Waals surface area (Å²) in [6.45, 7) is 1.60. The van der Waals surface area contributed by atoms with E-state index in [9.17, 15) is 31.9 Å². The zero-order valence-corrected chi connectivity index (χ0v) is 25.6. The number of carbonyl (C=O) groups is 2. The molecule has 46 heavy (non-hydrogen) atoms. The van der Waals surface area contributed by atoms with Gasteiger partial charge >= 0.3 is 6.18 Å². The van der Waals surface area contributed by atoms with E-state index in [1.54, 1.807) is 63.3 Å². The van der Waals surface area contributed by atoms with Crippen LogP contribution < -0.4 is 21.1 Å². The van der Waals surface area contributed by atoms with Crippen LogP contribution >= 0.6 is 0 Å². The largest absolute Gasteiger partial charge is 0.416 e. The molecule has 0 bridgehead atoms. The van der Waals surface area contributed by atoms with E-state index in [1.165, 1.54) is 33.9 Å². The Bertz CT molecular complexity index is 1870. The number of fused-ring (bicyclic) bond motifs is 1. The maximum absolute atomic E-state index is 14.2. The van der Waals surface area contributed by atoms with Crippen molar-refractivity contribution in [2.45, 2.75) is 32.1 Å². The van der Waals surface area contributed by atoms with Gasteiger partial charge in [-0.25, -0.2) is 9.37 Å². The topological polar surface area (TPSA) is 99.6 Å². The van der Waals surface area contributed by atoms with E-state index in [4.69, 9.17) is 0 Å². The van der Waals surface area contributed by atoms with Gasteiger partial charge in [-0.1, -0.05) is 12.1 Å². The van der Waals surface area contributed by atoms with Gasteiger partial charge in [0.1, 0.15) is 5.82 Å². The Morgan fingerprint density at radius 3 is 2.52 bits per heavy atom. The Balaban J connectivity index is 1.65. The number of nitrogens with zero attached hydrogens (tertiary/aromatic N) is 4. The van der Waals surface area contributed by atoms with Crippen molar-refractivity contribution in [1.29, 1.82) is 0 Å². The van der Waals surface area contributed by atoms with E-state index in [1.807, 2.05) is 0 Å². The molecule has 0 saturated heterocycles. The van der Waals surface area contributed by atoms with Crippen molar-refractivity contribution >= 4 is 29.0 Å². The summed E-state index contributed by atoms with van der Waals surface area (Å²) >= 11 is 0. The van der Waals surface area contributed by atoms with Gasteiger partial charge in [0, 0.05) is 43.1 Å². The number of rotatable bonds is 8. The van der Waals surface area contributed by atoms with Gasteiger partial charge in [-0.3, -0.25) is 19.0 Å². The van der Waals surface area contributed by atoms with Gasteiger partial charge in [-0.15, -0.1) is 0 Å². The summed E-state index contributed by atoms with van der Waals surface area (Å²) in [5, 5.41) is 5.26. The quantitative estimate of drug-likeness (QED) is 0.263. The van der Waals surface area contributed by atoms with Crippen LogP contribution in [0.25, 0.3) is 11.3 Å². The highest BCUT2D eigenvalue weighted by Crippen LogP contribution is 2.39. The number of aromatic nitrogens is 2. The Morgan fingerprint density at radius 2 is 1.83 bits per heavy atom. The van der Waals surface area contributed by atoms with Gasteiger partial charge in [0.15, 0.2) is 5.82 Å². The lowest BCUT2D eigenvalue weighted by molar-refractivity contribution is -0.137. The molecule has 3 aromatic carbocycles. The first-order chi connectivity index (χ1) is 21.8. The predicted octanol–water partition coefficient (Wildman–Crippen LogP) is 5.06. The highest BCUT2D eigenvalue weighted by molar-refractivity contribution is 5.95. The molecule has 2 heterocycles. The van der Waals surface area contributed by atoms with Crippen LogP contribution in [0.15, 0.2) is 71.7 Å². The van der Waals surface area contributed by atoms with Crippen LogP contribution in [-0.4, -0.2) is 60.0 Å². The number of halogens is 4. The molecular weight excluding hydrogens is 604 g/mol. The van der Waals surface area contributed by atoms with Crippen molar-refractivity contribution in [3.63, 3.8) is 0 Å². The minimum Gasteiger partial charge on any atom is -0.345 e. The summed E-state index contributed by atoms with van der Waals surface area (Å²) in [5.41, 5.74) is 0.945. The Hall–Kier alpha value is -5.04. The zero-order chi connectivity index (χ0) is 33.3. The smallest absolute Gasteiger partial charge is 0.345 e. The molecule has 1 aliphatic heterocycles. The third kappa shape index (κ3) is 6.64. The fourth-order valence-corrected chi connectivity index (χ4v) is 5.29. The van der Waals surface area contributed by atoms with Gasteiger partial charge in [0.2, 0.25) is 5.91 Å². The lowest BCUT2D eigenvalue weighted by Gasteiger charge is -2.23. The first-order valence-corrected chi connectivity index (χ1v) is 14.4. The maximum atomic E-state index is 14.2. The molecule has 2 N–H and O–H groups in total. The highest BCUT2D eigenvalue weighted by Gasteiger charge is 2.33. The summed E-state index contributed by atoms with van der Waals surface area (Å²) in [5.74, 6) is -1.56. The second-order valence-electron chi connectivity index (χ2n) is 11.2. The van der Waals surface area contributed by atoms with Gasteiger partial charge in [0.25, 0.3) is 11.5 Å². The summed E-state index contributed by atoms with van der Waals surface area (Å²) in [6.07, 6.45) is -2.92. The molecule has 1 aromatic heterocycles. The van der Waals surface area contributed by atoms with E-state index in [0.717, 1.165) is 12.1 Å². The second-order valence-corrected chi connectivity index (χ2v) is 11.2. The Kier molecular flexibility index (Phi) is 8.97. The summed E-state index contributed by atoms with van der Waals surface area (Å²) in [7, 11) is 4.76. The SMILES string of the molecule is CN[C@@H](C)C(=O)Nc1ncc(-c2cccc(C(=O)N(C)C)c2)n(Cc2cc(N3CCc4cc(F)ccc43)cc(C(F)(F)F)c2)c1=O. The number of hydrogen-bond donors (Lipinski definition) is 2. The molecule has 0 unspecified atom stereocenters. The molecule has 5 rings (SSSR count). The molecule has 0 fully saturated rings. The molecule has 4 aromatic rings. The van der Waals surface area contributed by atoms with Crippen molar-refractivity contribution in [2.75, 3.05) is 37.9 Å². The third-order valence-corrected chi connectivity index (χ3v) is 7.83. The van der Waals surface area contributed by atoms with Crippen molar-refractivity contribution in [3.05, 3.63) is 105 Å². The third-order valence-electron chi connectivity index (χ3n) is 7.83. The van der Waals surface area contributed by atoms with Gasteiger partial charge < -0.3 is 20.4 Å². The average molecular weight is 637 g/mol. The maximum Gasteiger partial charge on any atom is 0.416 e. The second kappa shape index (κ2) is 12.8. The molecule has 0 radical (unpaired) electrons. The number of nitrogens with one attached hydrogen (secondary N) is 2. The average Bonchev–Trinajstić information content (AvgIpc) is 3.44. The lowest BCUT2D eigenvalue weighted by atomic mass is 10.1. The van der Waals surface area contributed by atoms with Crippen LogP contribution in [0.3, 0.4) is 0 Å². The van der Waals surface area contributed by atoms with Crippen LogP contribution in [0.5, 0.6) is 0 Å².